The van der Waals surface area contributed by atoms with Crippen molar-refractivity contribution < 1.29 is 13.5 Å². The first-order valence-corrected chi connectivity index (χ1v) is 3.63. The Bertz CT molecular complexity index is 275. The van der Waals surface area contributed by atoms with Crippen LogP contribution >= 0.6 is 15.9 Å². The van der Waals surface area contributed by atoms with E-state index in [1.54, 1.807) is 0 Å². The first-order chi connectivity index (χ1) is 5.15. The van der Waals surface area contributed by atoms with Crippen molar-refractivity contribution in [2.45, 2.75) is 0 Å². The van der Waals surface area contributed by atoms with Gasteiger partial charge in [0.15, 0.2) is 11.6 Å². The molecule has 1 aromatic carbocycles. The monoisotopic (exact) mass is 222 g/mol. The molecule has 0 heterocycles. The molecule has 0 radical (unpaired) electrons. The Balaban J connectivity index is 3.24. The second-order valence-corrected chi connectivity index (χ2v) is 2.76. The van der Waals surface area contributed by atoms with Crippen LogP contribution in [0.4, 0.5) is 8.78 Å². The fourth-order valence-corrected chi connectivity index (χ4v) is 1.09. The maximum Gasteiger partial charge on any atom is 0.179 e. The van der Waals surface area contributed by atoms with E-state index < -0.39 is 11.6 Å². The lowest BCUT2D eigenvalue weighted by molar-refractivity contribution is 0.381. The average molecular weight is 223 g/mol. The molecule has 1 rings (SSSR count). The van der Waals surface area contributed by atoms with Crippen molar-refractivity contribution in [1.29, 1.82) is 0 Å². The van der Waals surface area contributed by atoms with Crippen LogP contribution in [-0.4, -0.2) is 7.11 Å². The number of halogens is 3. The summed E-state index contributed by atoms with van der Waals surface area (Å²) in [5, 5.41) is 0. The summed E-state index contributed by atoms with van der Waals surface area (Å²) in [4.78, 5) is 0. The van der Waals surface area contributed by atoms with Crippen molar-refractivity contribution in [2.75, 3.05) is 7.11 Å². The van der Waals surface area contributed by atoms with Gasteiger partial charge in [-0.2, -0.15) is 0 Å². The molecular weight excluding hydrogens is 218 g/mol. The topological polar surface area (TPSA) is 9.23 Å². The number of benzene rings is 1. The van der Waals surface area contributed by atoms with E-state index in [2.05, 4.69) is 20.7 Å². The molecule has 0 saturated heterocycles. The molecule has 0 aliphatic rings. The molecule has 4 heteroatoms. The van der Waals surface area contributed by atoms with E-state index in [-0.39, 0.29) is 10.2 Å². The molecule has 0 aliphatic carbocycles. The minimum atomic E-state index is -0.589. The third-order valence-corrected chi connectivity index (χ3v) is 1.76. The van der Waals surface area contributed by atoms with E-state index in [0.717, 1.165) is 12.1 Å². The van der Waals surface area contributed by atoms with Gasteiger partial charge in [-0.25, -0.2) is 8.78 Å². The second-order valence-electron chi connectivity index (χ2n) is 1.90. The lowest BCUT2D eigenvalue weighted by Gasteiger charge is -2.02. The highest BCUT2D eigenvalue weighted by molar-refractivity contribution is 9.10. The maximum absolute atomic E-state index is 12.8. The molecule has 1 aromatic rings. The molecule has 0 unspecified atom stereocenters. The Kier molecular flexibility index (Phi) is 2.44. The van der Waals surface area contributed by atoms with Gasteiger partial charge in [0, 0.05) is 6.07 Å². The number of hydrogen-bond donors (Lipinski definition) is 0. The number of methoxy groups -OCH3 is 1. The van der Waals surface area contributed by atoms with Crippen molar-refractivity contribution >= 4 is 15.9 Å². The molecule has 0 fully saturated rings. The normalized spacial score (nSPS) is 9.82. The first-order valence-electron chi connectivity index (χ1n) is 2.83. The molecule has 0 spiro atoms. The third kappa shape index (κ3) is 1.68. The van der Waals surface area contributed by atoms with Crippen LogP contribution in [0, 0.1) is 11.6 Å². The number of hydrogen-bond acceptors (Lipinski definition) is 1. The molecule has 0 N–H and O–H groups in total. The fraction of sp³-hybridized carbons (Fsp3) is 0.143. The summed E-state index contributed by atoms with van der Waals surface area (Å²) in [5.41, 5.74) is 0. The summed E-state index contributed by atoms with van der Waals surface area (Å²) in [5.74, 6) is -1.22. The zero-order valence-corrected chi connectivity index (χ0v) is 7.28. The minimum Gasteiger partial charge on any atom is -0.494 e. The predicted octanol–water partition coefficient (Wildman–Crippen LogP) is 2.74. The van der Waals surface area contributed by atoms with Crippen LogP contribution in [-0.2, 0) is 0 Å². The summed E-state index contributed by atoms with van der Waals surface area (Å²) in [6.07, 6.45) is 0. The van der Waals surface area contributed by atoms with Gasteiger partial charge in [-0.15, -0.1) is 0 Å². The van der Waals surface area contributed by atoms with Crippen LogP contribution in [0.2, 0.25) is 0 Å². The molecule has 1 nitrogen and oxygen atoms in total. The first kappa shape index (κ1) is 8.46. The molecule has 11 heavy (non-hydrogen) atoms. The second kappa shape index (κ2) is 3.17. The van der Waals surface area contributed by atoms with Gasteiger partial charge < -0.3 is 4.74 Å². The Labute approximate surface area is 71.1 Å². The molecule has 0 amide bonds. The SMILES string of the molecule is COc1cc(F)cc(Br)c1F. The summed E-state index contributed by atoms with van der Waals surface area (Å²) in [6, 6.07) is 2.03. The molecule has 0 saturated carbocycles. The predicted molar refractivity (Wildman–Crippen MR) is 40.6 cm³/mol. The lowest BCUT2D eigenvalue weighted by atomic mass is 10.3. The van der Waals surface area contributed by atoms with Crippen molar-refractivity contribution in [3.05, 3.63) is 28.2 Å². The minimum absolute atomic E-state index is 0.0642. The Hall–Kier alpha value is -0.640. The maximum atomic E-state index is 12.8. The van der Waals surface area contributed by atoms with Crippen molar-refractivity contribution in [2.24, 2.45) is 0 Å². The number of rotatable bonds is 1. The highest BCUT2D eigenvalue weighted by atomic mass is 79.9. The van der Waals surface area contributed by atoms with Crippen molar-refractivity contribution in [3.63, 3.8) is 0 Å². The molecule has 0 bridgehead atoms. The van der Waals surface area contributed by atoms with Gasteiger partial charge >= 0.3 is 0 Å². The molecule has 60 valence electrons. The number of ether oxygens (including phenoxy) is 1. The Morgan fingerprint density at radius 2 is 2.00 bits per heavy atom. The van der Waals surface area contributed by atoms with Crippen molar-refractivity contribution in [3.8, 4) is 5.75 Å². The molecular formula is C7H5BrF2O. The van der Waals surface area contributed by atoms with Gasteiger partial charge in [-0.3, -0.25) is 0 Å². The smallest absolute Gasteiger partial charge is 0.179 e. The fourth-order valence-electron chi connectivity index (χ4n) is 0.681. The van der Waals surface area contributed by atoms with Crippen LogP contribution in [0.25, 0.3) is 0 Å². The van der Waals surface area contributed by atoms with Crippen LogP contribution < -0.4 is 4.74 Å². The zero-order chi connectivity index (χ0) is 8.43. The van der Waals surface area contributed by atoms with Crippen LogP contribution in [0.3, 0.4) is 0 Å². The molecule has 0 aromatic heterocycles. The van der Waals surface area contributed by atoms with Crippen LogP contribution in [0.5, 0.6) is 5.75 Å². The van der Waals surface area contributed by atoms with Crippen LogP contribution in [0.1, 0.15) is 0 Å². The largest absolute Gasteiger partial charge is 0.494 e. The van der Waals surface area contributed by atoms with Gasteiger partial charge in [0.2, 0.25) is 0 Å². The van der Waals surface area contributed by atoms with E-state index >= 15 is 0 Å². The van der Waals surface area contributed by atoms with E-state index in [4.69, 9.17) is 0 Å². The van der Waals surface area contributed by atoms with Gasteiger partial charge in [0.1, 0.15) is 5.82 Å². The lowest BCUT2D eigenvalue weighted by Crippen LogP contribution is -1.90. The van der Waals surface area contributed by atoms with Gasteiger partial charge in [0.05, 0.1) is 11.6 Å². The van der Waals surface area contributed by atoms with Crippen molar-refractivity contribution in [1.82, 2.24) is 0 Å². The van der Waals surface area contributed by atoms with E-state index in [1.165, 1.54) is 7.11 Å². The molecule has 0 atom stereocenters. The Morgan fingerprint density at radius 3 is 2.55 bits per heavy atom. The van der Waals surface area contributed by atoms with E-state index in [0.29, 0.717) is 0 Å². The molecule has 0 aliphatic heterocycles. The highest BCUT2D eigenvalue weighted by Crippen LogP contribution is 2.25. The third-order valence-electron chi connectivity index (χ3n) is 1.18. The summed E-state index contributed by atoms with van der Waals surface area (Å²) >= 11 is 2.84. The van der Waals surface area contributed by atoms with E-state index in [9.17, 15) is 8.78 Å². The summed E-state index contributed by atoms with van der Waals surface area (Å²) < 4.78 is 30.0. The summed E-state index contributed by atoms with van der Waals surface area (Å²) in [7, 11) is 1.28. The van der Waals surface area contributed by atoms with Gasteiger partial charge in [-0.1, -0.05) is 0 Å². The zero-order valence-electron chi connectivity index (χ0n) is 5.70. The van der Waals surface area contributed by atoms with Gasteiger partial charge in [-0.05, 0) is 22.0 Å². The average Bonchev–Trinajstić information content (AvgIpc) is 1.96. The Morgan fingerprint density at radius 1 is 1.36 bits per heavy atom. The quantitative estimate of drug-likeness (QED) is 0.665. The van der Waals surface area contributed by atoms with Crippen LogP contribution in [0.15, 0.2) is 16.6 Å². The van der Waals surface area contributed by atoms with Gasteiger partial charge in [0.25, 0.3) is 0 Å². The standard InChI is InChI=1S/C7H5BrF2O/c1-11-6-3-4(9)2-5(8)7(6)10/h2-3H,1H3. The highest BCUT2D eigenvalue weighted by Gasteiger charge is 2.08. The van der Waals surface area contributed by atoms with E-state index in [1.807, 2.05) is 0 Å². The summed E-state index contributed by atoms with van der Waals surface area (Å²) in [6.45, 7) is 0.